The van der Waals surface area contributed by atoms with Crippen LogP contribution in [0, 0.1) is 0 Å². The van der Waals surface area contributed by atoms with E-state index in [1.807, 2.05) is 30.3 Å². The zero-order valence-corrected chi connectivity index (χ0v) is 13.1. The summed E-state index contributed by atoms with van der Waals surface area (Å²) in [5.74, 6) is 0.328. The van der Waals surface area contributed by atoms with Gasteiger partial charge in [-0.15, -0.1) is 0 Å². The van der Waals surface area contributed by atoms with E-state index in [1.54, 1.807) is 18.2 Å². The third kappa shape index (κ3) is 4.71. The fourth-order valence-corrected chi connectivity index (χ4v) is 2.17. The molecule has 22 heavy (non-hydrogen) atoms. The average Bonchev–Trinajstić information content (AvgIpc) is 2.51. The number of rotatable bonds is 7. The molecule has 2 aromatic carbocycles. The second kappa shape index (κ2) is 7.76. The number of ketones is 2. The van der Waals surface area contributed by atoms with Gasteiger partial charge in [0.05, 0.1) is 5.56 Å². The lowest BCUT2D eigenvalue weighted by Crippen LogP contribution is -2.06. The molecule has 0 unspecified atom stereocenters. The number of carbonyl (C=O) groups is 2. The van der Waals surface area contributed by atoms with Crippen LogP contribution in [0.1, 0.15) is 35.7 Å². The Balaban J connectivity index is 2.13. The minimum absolute atomic E-state index is 0.00549. The molecular weight excluding hydrogens is 300 g/mol. The minimum atomic E-state index is -0.116. The third-order valence-corrected chi connectivity index (χ3v) is 3.42. The second-order valence-corrected chi connectivity index (χ2v) is 5.48. The van der Waals surface area contributed by atoms with Gasteiger partial charge in [0.15, 0.2) is 5.78 Å². The summed E-state index contributed by atoms with van der Waals surface area (Å²) in [6.45, 7) is 1.83. The lowest BCUT2D eigenvalue weighted by Gasteiger charge is -2.11. The highest BCUT2D eigenvalue weighted by atomic mass is 35.5. The Morgan fingerprint density at radius 1 is 1.05 bits per heavy atom. The van der Waals surface area contributed by atoms with E-state index in [1.165, 1.54) is 6.92 Å². The SMILES string of the molecule is CC(=O)CCC(=O)c1ccc(Cl)cc1OCc1ccccc1. The van der Waals surface area contributed by atoms with Crippen molar-refractivity contribution >= 4 is 23.2 Å². The van der Waals surface area contributed by atoms with Crippen LogP contribution in [-0.2, 0) is 11.4 Å². The molecule has 0 aliphatic carbocycles. The van der Waals surface area contributed by atoms with Crippen molar-refractivity contribution in [2.75, 3.05) is 0 Å². The van der Waals surface area contributed by atoms with E-state index in [0.29, 0.717) is 22.9 Å². The van der Waals surface area contributed by atoms with Gasteiger partial charge in [0.2, 0.25) is 0 Å². The summed E-state index contributed by atoms with van der Waals surface area (Å²) in [5, 5.41) is 0.506. The summed E-state index contributed by atoms with van der Waals surface area (Å²) in [7, 11) is 0. The molecule has 0 radical (unpaired) electrons. The second-order valence-electron chi connectivity index (χ2n) is 5.04. The van der Waals surface area contributed by atoms with Crippen molar-refractivity contribution < 1.29 is 14.3 Å². The summed E-state index contributed by atoms with van der Waals surface area (Å²) in [5.41, 5.74) is 1.46. The van der Waals surface area contributed by atoms with Gasteiger partial charge in [-0.1, -0.05) is 41.9 Å². The summed E-state index contributed by atoms with van der Waals surface area (Å²) < 4.78 is 5.74. The lowest BCUT2D eigenvalue weighted by atomic mass is 10.0. The van der Waals surface area contributed by atoms with E-state index in [4.69, 9.17) is 16.3 Å². The van der Waals surface area contributed by atoms with Crippen LogP contribution in [0.5, 0.6) is 5.75 Å². The summed E-state index contributed by atoms with van der Waals surface area (Å²) in [6, 6.07) is 14.6. The van der Waals surface area contributed by atoms with Crippen LogP contribution in [0.15, 0.2) is 48.5 Å². The van der Waals surface area contributed by atoms with Gasteiger partial charge in [-0.3, -0.25) is 4.79 Å². The van der Waals surface area contributed by atoms with Crippen molar-refractivity contribution in [1.82, 2.24) is 0 Å². The van der Waals surface area contributed by atoms with Crippen LogP contribution < -0.4 is 4.74 Å². The number of hydrogen-bond donors (Lipinski definition) is 0. The van der Waals surface area contributed by atoms with E-state index < -0.39 is 0 Å². The predicted octanol–water partition coefficient (Wildman–Crippen LogP) is 4.47. The maximum absolute atomic E-state index is 12.2. The highest BCUT2D eigenvalue weighted by molar-refractivity contribution is 6.30. The Morgan fingerprint density at radius 3 is 2.45 bits per heavy atom. The molecule has 0 heterocycles. The predicted molar refractivity (Wildman–Crippen MR) is 86.5 cm³/mol. The van der Waals surface area contributed by atoms with Gasteiger partial charge >= 0.3 is 0 Å². The molecule has 0 aliphatic heterocycles. The summed E-state index contributed by atoms with van der Waals surface area (Å²) >= 11 is 5.99. The van der Waals surface area contributed by atoms with Crippen LogP contribution >= 0.6 is 11.6 Å². The van der Waals surface area contributed by atoms with Crippen molar-refractivity contribution in [2.24, 2.45) is 0 Å². The Kier molecular flexibility index (Phi) is 5.73. The zero-order chi connectivity index (χ0) is 15.9. The molecule has 4 heteroatoms. The highest BCUT2D eigenvalue weighted by Gasteiger charge is 2.14. The Morgan fingerprint density at radius 2 is 1.77 bits per heavy atom. The lowest BCUT2D eigenvalue weighted by molar-refractivity contribution is -0.116. The van der Waals surface area contributed by atoms with Crippen LogP contribution in [0.4, 0.5) is 0 Å². The van der Waals surface area contributed by atoms with E-state index >= 15 is 0 Å². The average molecular weight is 317 g/mol. The Hall–Kier alpha value is -2.13. The maximum atomic E-state index is 12.2. The van der Waals surface area contributed by atoms with Crippen LogP contribution in [0.2, 0.25) is 5.02 Å². The van der Waals surface area contributed by atoms with Gasteiger partial charge in [0.1, 0.15) is 18.1 Å². The van der Waals surface area contributed by atoms with Gasteiger partial charge < -0.3 is 9.53 Å². The van der Waals surface area contributed by atoms with Crippen molar-refractivity contribution in [3.63, 3.8) is 0 Å². The number of Topliss-reactive ketones (excluding diaryl/α,β-unsaturated/α-hetero) is 2. The first-order valence-electron chi connectivity index (χ1n) is 7.05. The molecule has 0 atom stereocenters. The number of hydrogen-bond acceptors (Lipinski definition) is 3. The molecule has 2 aromatic rings. The monoisotopic (exact) mass is 316 g/mol. The van der Waals surface area contributed by atoms with Crippen LogP contribution in [0.25, 0.3) is 0 Å². The molecule has 114 valence electrons. The number of carbonyl (C=O) groups excluding carboxylic acids is 2. The van der Waals surface area contributed by atoms with Crippen LogP contribution in [-0.4, -0.2) is 11.6 Å². The number of halogens is 1. The first kappa shape index (κ1) is 16.2. The van der Waals surface area contributed by atoms with Crippen molar-refractivity contribution in [3.8, 4) is 5.75 Å². The van der Waals surface area contributed by atoms with E-state index in [0.717, 1.165) is 5.56 Å². The molecule has 0 N–H and O–H groups in total. The molecule has 2 rings (SSSR count). The largest absolute Gasteiger partial charge is 0.488 e. The van der Waals surface area contributed by atoms with Gasteiger partial charge in [-0.05, 0) is 30.7 Å². The quantitative estimate of drug-likeness (QED) is 0.708. The fraction of sp³-hybridized carbons (Fsp3) is 0.222. The van der Waals surface area contributed by atoms with E-state index in [9.17, 15) is 9.59 Å². The smallest absolute Gasteiger partial charge is 0.167 e. The summed E-state index contributed by atoms with van der Waals surface area (Å²) in [4.78, 5) is 23.2. The molecule has 0 saturated heterocycles. The molecule has 0 aromatic heterocycles. The van der Waals surface area contributed by atoms with Gasteiger partial charge in [-0.25, -0.2) is 0 Å². The first-order chi connectivity index (χ1) is 10.6. The molecule has 0 saturated carbocycles. The third-order valence-electron chi connectivity index (χ3n) is 3.19. The highest BCUT2D eigenvalue weighted by Crippen LogP contribution is 2.26. The molecule has 0 bridgehead atoms. The fourth-order valence-electron chi connectivity index (χ4n) is 2.01. The van der Waals surface area contributed by atoms with Crippen molar-refractivity contribution in [2.45, 2.75) is 26.4 Å². The van der Waals surface area contributed by atoms with Gasteiger partial charge in [0, 0.05) is 17.9 Å². The molecule has 0 fully saturated rings. The number of benzene rings is 2. The van der Waals surface area contributed by atoms with Crippen molar-refractivity contribution in [3.05, 3.63) is 64.7 Å². The first-order valence-corrected chi connectivity index (χ1v) is 7.43. The maximum Gasteiger partial charge on any atom is 0.167 e. The van der Waals surface area contributed by atoms with Gasteiger partial charge in [-0.2, -0.15) is 0 Å². The van der Waals surface area contributed by atoms with Gasteiger partial charge in [0.25, 0.3) is 0 Å². The molecular formula is C18H17ClO3. The topological polar surface area (TPSA) is 43.4 Å². The van der Waals surface area contributed by atoms with E-state index in [2.05, 4.69) is 0 Å². The Bertz CT molecular complexity index is 665. The molecule has 3 nitrogen and oxygen atoms in total. The van der Waals surface area contributed by atoms with E-state index in [-0.39, 0.29) is 24.4 Å². The normalized spacial score (nSPS) is 10.3. The van der Waals surface area contributed by atoms with Crippen LogP contribution in [0.3, 0.4) is 0 Å². The standard InChI is InChI=1S/C18H17ClO3/c1-13(20)7-10-17(21)16-9-8-15(19)11-18(16)22-12-14-5-3-2-4-6-14/h2-6,8-9,11H,7,10,12H2,1H3. The van der Waals surface area contributed by atoms with Crippen molar-refractivity contribution in [1.29, 1.82) is 0 Å². The Labute approximate surface area is 134 Å². The molecule has 0 aliphatic rings. The zero-order valence-electron chi connectivity index (χ0n) is 12.3. The minimum Gasteiger partial charge on any atom is -0.488 e. The molecule has 0 spiro atoms. The summed E-state index contributed by atoms with van der Waals surface area (Å²) in [6.07, 6.45) is 0.415. The molecule has 0 amide bonds. The number of ether oxygens (including phenoxy) is 1.